The Labute approximate surface area is 73.0 Å². The zero-order valence-corrected chi connectivity index (χ0v) is 7.27. The van der Waals surface area contributed by atoms with Crippen LogP contribution in [0.1, 0.15) is 24.8 Å². The van der Waals surface area contributed by atoms with Crippen LogP contribution in [0.15, 0.2) is 30.3 Å². The van der Waals surface area contributed by atoms with Crippen molar-refractivity contribution in [2.75, 3.05) is 0 Å². The number of benzene rings is 1. The van der Waals surface area contributed by atoms with Crippen molar-refractivity contribution in [3.05, 3.63) is 35.9 Å². The van der Waals surface area contributed by atoms with Crippen molar-refractivity contribution in [2.24, 2.45) is 5.92 Å². The largest absolute Gasteiger partial charge is 0.393 e. The molecule has 0 aromatic heterocycles. The van der Waals surface area contributed by atoms with Crippen LogP contribution in [0.3, 0.4) is 0 Å². The van der Waals surface area contributed by atoms with Gasteiger partial charge in [0.1, 0.15) is 0 Å². The van der Waals surface area contributed by atoms with Gasteiger partial charge in [0, 0.05) is 0 Å². The van der Waals surface area contributed by atoms with Gasteiger partial charge >= 0.3 is 0 Å². The Bertz CT molecular complexity index is 253. The number of aliphatic hydroxyl groups excluding tert-OH is 1. The molecule has 0 saturated heterocycles. The summed E-state index contributed by atoms with van der Waals surface area (Å²) in [5.41, 5.74) is 1.38. The summed E-state index contributed by atoms with van der Waals surface area (Å²) in [6, 6.07) is 10.4. The lowest BCUT2D eigenvalue weighted by molar-refractivity contribution is 0.169. The fraction of sp³-hybridized carbons (Fsp3) is 0.455. The van der Waals surface area contributed by atoms with Gasteiger partial charge in [0.05, 0.1) is 6.10 Å². The fourth-order valence-electron chi connectivity index (χ4n) is 1.83. The van der Waals surface area contributed by atoms with Crippen LogP contribution >= 0.6 is 0 Å². The smallest absolute Gasteiger partial charge is 0.0546 e. The Morgan fingerprint density at radius 3 is 2.50 bits per heavy atom. The molecule has 1 N–H and O–H groups in total. The lowest BCUT2D eigenvalue weighted by Gasteiger charge is -2.02. The predicted octanol–water partition coefficient (Wildman–Crippen LogP) is 2.17. The van der Waals surface area contributed by atoms with Gasteiger partial charge in [0.15, 0.2) is 0 Å². The van der Waals surface area contributed by atoms with E-state index in [1.807, 2.05) is 13.0 Å². The zero-order chi connectivity index (χ0) is 8.55. The van der Waals surface area contributed by atoms with Crippen molar-refractivity contribution >= 4 is 0 Å². The highest BCUT2D eigenvalue weighted by Crippen LogP contribution is 2.49. The van der Waals surface area contributed by atoms with Gasteiger partial charge in [-0.1, -0.05) is 30.3 Å². The van der Waals surface area contributed by atoms with Gasteiger partial charge in [0.2, 0.25) is 0 Å². The van der Waals surface area contributed by atoms with Crippen LogP contribution in [0.5, 0.6) is 0 Å². The molecule has 0 spiro atoms. The maximum atomic E-state index is 9.32. The quantitative estimate of drug-likeness (QED) is 0.706. The summed E-state index contributed by atoms with van der Waals surface area (Å²) < 4.78 is 0. The summed E-state index contributed by atoms with van der Waals surface area (Å²) in [5.74, 6) is 1.12. The molecule has 64 valence electrons. The average molecular weight is 162 g/mol. The van der Waals surface area contributed by atoms with Crippen LogP contribution in [-0.4, -0.2) is 11.2 Å². The first kappa shape index (κ1) is 7.81. The van der Waals surface area contributed by atoms with E-state index in [0.717, 1.165) is 6.42 Å². The van der Waals surface area contributed by atoms with E-state index in [2.05, 4.69) is 24.3 Å². The molecule has 0 aliphatic heterocycles. The van der Waals surface area contributed by atoms with E-state index < -0.39 is 0 Å². The lowest BCUT2D eigenvalue weighted by Crippen LogP contribution is -2.03. The average Bonchev–Trinajstić information content (AvgIpc) is 2.84. The van der Waals surface area contributed by atoms with Gasteiger partial charge in [0.25, 0.3) is 0 Å². The van der Waals surface area contributed by atoms with E-state index in [4.69, 9.17) is 0 Å². The van der Waals surface area contributed by atoms with E-state index in [-0.39, 0.29) is 6.10 Å². The van der Waals surface area contributed by atoms with Crippen molar-refractivity contribution in [3.8, 4) is 0 Å². The van der Waals surface area contributed by atoms with Crippen LogP contribution in [0, 0.1) is 5.92 Å². The third-order valence-electron chi connectivity index (χ3n) is 2.69. The zero-order valence-electron chi connectivity index (χ0n) is 7.27. The van der Waals surface area contributed by atoms with Gasteiger partial charge in [-0.05, 0) is 30.7 Å². The van der Waals surface area contributed by atoms with Crippen molar-refractivity contribution in [2.45, 2.75) is 25.4 Å². The first-order valence-corrected chi connectivity index (χ1v) is 4.52. The standard InChI is InChI=1S/C11H14O/c1-8(12)10-7-11(10)9-5-3-2-4-6-9/h2-6,8,10-12H,7H2,1H3/t8-,10+,11+/m0/s1. The number of aliphatic hydroxyl groups is 1. The second kappa shape index (κ2) is 2.91. The molecule has 2 rings (SSSR count). The highest BCUT2D eigenvalue weighted by molar-refractivity contribution is 5.25. The summed E-state index contributed by atoms with van der Waals surface area (Å²) >= 11 is 0. The molecule has 1 aliphatic carbocycles. The minimum absolute atomic E-state index is 0.143. The second-order valence-corrected chi connectivity index (χ2v) is 3.66. The highest BCUT2D eigenvalue weighted by atomic mass is 16.3. The van der Waals surface area contributed by atoms with Gasteiger partial charge in [-0.15, -0.1) is 0 Å². The molecule has 1 heteroatoms. The molecular weight excluding hydrogens is 148 g/mol. The summed E-state index contributed by atoms with van der Waals surface area (Å²) in [6.45, 7) is 1.88. The molecule has 0 bridgehead atoms. The summed E-state index contributed by atoms with van der Waals surface area (Å²) in [5, 5.41) is 9.32. The van der Waals surface area contributed by atoms with Crippen LogP contribution in [-0.2, 0) is 0 Å². The molecule has 1 aromatic rings. The lowest BCUT2D eigenvalue weighted by atomic mass is 10.1. The molecule has 1 aliphatic rings. The van der Waals surface area contributed by atoms with E-state index in [1.165, 1.54) is 5.56 Å². The molecule has 0 unspecified atom stereocenters. The van der Waals surface area contributed by atoms with E-state index >= 15 is 0 Å². The molecule has 1 nitrogen and oxygen atoms in total. The molecule has 0 heterocycles. The van der Waals surface area contributed by atoms with Gasteiger partial charge < -0.3 is 5.11 Å². The molecule has 3 atom stereocenters. The first-order chi connectivity index (χ1) is 5.79. The minimum atomic E-state index is -0.143. The number of rotatable bonds is 2. The van der Waals surface area contributed by atoms with Gasteiger partial charge in [-0.2, -0.15) is 0 Å². The highest BCUT2D eigenvalue weighted by Gasteiger charge is 2.41. The maximum absolute atomic E-state index is 9.32. The molecule has 1 saturated carbocycles. The van der Waals surface area contributed by atoms with Crippen LogP contribution in [0.4, 0.5) is 0 Å². The van der Waals surface area contributed by atoms with Gasteiger partial charge in [-0.25, -0.2) is 0 Å². The van der Waals surface area contributed by atoms with Crippen molar-refractivity contribution < 1.29 is 5.11 Å². The third kappa shape index (κ3) is 1.37. The van der Waals surface area contributed by atoms with E-state index in [1.54, 1.807) is 0 Å². The number of hydrogen-bond donors (Lipinski definition) is 1. The first-order valence-electron chi connectivity index (χ1n) is 4.52. The van der Waals surface area contributed by atoms with Crippen molar-refractivity contribution in [1.29, 1.82) is 0 Å². The minimum Gasteiger partial charge on any atom is -0.393 e. The molecule has 0 amide bonds. The predicted molar refractivity (Wildman–Crippen MR) is 49.0 cm³/mol. The topological polar surface area (TPSA) is 20.2 Å². The second-order valence-electron chi connectivity index (χ2n) is 3.66. The van der Waals surface area contributed by atoms with Crippen LogP contribution in [0.25, 0.3) is 0 Å². The Morgan fingerprint density at radius 1 is 1.33 bits per heavy atom. The third-order valence-corrected chi connectivity index (χ3v) is 2.69. The van der Waals surface area contributed by atoms with Gasteiger partial charge in [-0.3, -0.25) is 0 Å². The Kier molecular flexibility index (Phi) is 1.89. The van der Waals surface area contributed by atoms with Crippen molar-refractivity contribution in [1.82, 2.24) is 0 Å². The molecule has 1 aromatic carbocycles. The fourth-order valence-corrected chi connectivity index (χ4v) is 1.83. The monoisotopic (exact) mass is 162 g/mol. The summed E-state index contributed by atoms with van der Waals surface area (Å²) in [4.78, 5) is 0. The molecular formula is C11H14O. The Morgan fingerprint density at radius 2 is 2.00 bits per heavy atom. The Hall–Kier alpha value is -0.820. The maximum Gasteiger partial charge on any atom is 0.0546 e. The molecule has 12 heavy (non-hydrogen) atoms. The number of hydrogen-bond acceptors (Lipinski definition) is 1. The van der Waals surface area contributed by atoms with Crippen LogP contribution in [0.2, 0.25) is 0 Å². The summed E-state index contributed by atoms with van der Waals surface area (Å²) in [6.07, 6.45) is 1.01. The normalized spacial score (nSPS) is 29.8. The summed E-state index contributed by atoms with van der Waals surface area (Å²) in [7, 11) is 0. The molecule has 0 radical (unpaired) electrons. The van der Waals surface area contributed by atoms with E-state index in [9.17, 15) is 5.11 Å². The van der Waals surface area contributed by atoms with E-state index in [0.29, 0.717) is 11.8 Å². The van der Waals surface area contributed by atoms with Crippen molar-refractivity contribution in [3.63, 3.8) is 0 Å². The molecule has 1 fully saturated rings. The SMILES string of the molecule is C[C@H](O)[C@H]1C[C@@H]1c1ccccc1. The Balaban J connectivity index is 2.06. The van der Waals surface area contributed by atoms with Crippen LogP contribution < -0.4 is 0 Å².